The summed E-state index contributed by atoms with van der Waals surface area (Å²) in [4.78, 5) is 30.3. The molecule has 1 aliphatic heterocycles. The van der Waals surface area contributed by atoms with Crippen LogP contribution in [0.25, 0.3) is 0 Å². The van der Waals surface area contributed by atoms with Gasteiger partial charge < -0.3 is 15.0 Å². The monoisotopic (exact) mass is 468 g/mol. The summed E-state index contributed by atoms with van der Waals surface area (Å²) in [6.45, 7) is 6.31. The second-order valence-corrected chi connectivity index (χ2v) is 9.64. The number of nitrogens with zero attached hydrogens (tertiary/aromatic N) is 3. The van der Waals surface area contributed by atoms with Crippen LogP contribution >= 0.6 is 0 Å². The van der Waals surface area contributed by atoms with E-state index in [1.54, 1.807) is 0 Å². The Labute approximate surface area is 204 Å². The summed E-state index contributed by atoms with van der Waals surface area (Å²) in [6.07, 6.45) is 6.83. The second-order valence-electron chi connectivity index (χ2n) is 9.64. The Morgan fingerprint density at radius 1 is 1.18 bits per heavy atom. The molecule has 0 aromatic heterocycles. The molecule has 34 heavy (non-hydrogen) atoms. The molecule has 2 unspecified atom stereocenters. The van der Waals surface area contributed by atoms with Crippen LogP contribution < -0.4 is 5.32 Å². The second kappa shape index (κ2) is 14.1. The third-order valence-corrected chi connectivity index (χ3v) is 7.11. The predicted octanol–water partition coefficient (Wildman–Crippen LogP) is 3.35. The standard InChI is InChI=1S/C27H40N4O3/c1-2-30(20-23-11-7-4-8-12-23)21-25(19-28)29-27(33)24(17-22-9-5-3-6-10-22)18-26(32)31-13-15-34-16-14-31/h4,7-8,11-12,22,24-25H,2-3,5-6,9-10,13-18,20-21H2,1H3,(H,29,33). The van der Waals surface area contributed by atoms with Gasteiger partial charge in [-0.3, -0.25) is 14.5 Å². The first-order valence-electron chi connectivity index (χ1n) is 12.9. The van der Waals surface area contributed by atoms with Gasteiger partial charge in [-0.2, -0.15) is 5.26 Å². The van der Waals surface area contributed by atoms with Gasteiger partial charge in [0.1, 0.15) is 6.04 Å². The predicted molar refractivity (Wildman–Crippen MR) is 132 cm³/mol. The quantitative estimate of drug-likeness (QED) is 0.538. The van der Waals surface area contributed by atoms with Gasteiger partial charge in [-0.25, -0.2) is 0 Å². The van der Waals surface area contributed by atoms with Crippen molar-refractivity contribution in [2.75, 3.05) is 39.4 Å². The Kier molecular flexibility index (Phi) is 10.8. The molecule has 186 valence electrons. The lowest BCUT2D eigenvalue weighted by Gasteiger charge is -2.31. The molecule has 1 N–H and O–H groups in total. The molecular weight excluding hydrogens is 428 g/mol. The van der Waals surface area contributed by atoms with Crippen LogP contribution in [0.15, 0.2) is 30.3 Å². The lowest BCUT2D eigenvalue weighted by Crippen LogP contribution is -2.47. The number of carbonyl (C=O) groups is 2. The number of benzene rings is 1. The van der Waals surface area contributed by atoms with E-state index in [1.807, 2.05) is 23.1 Å². The molecule has 7 heteroatoms. The lowest BCUT2D eigenvalue weighted by molar-refractivity contribution is -0.140. The van der Waals surface area contributed by atoms with Crippen LogP contribution in [0.1, 0.15) is 57.4 Å². The van der Waals surface area contributed by atoms with E-state index in [9.17, 15) is 14.9 Å². The average molecular weight is 469 g/mol. The van der Waals surface area contributed by atoms with Gasteiger partial charge in [-0.15, -0.1) is 0 Å². The zero-order chi connectivity index (χ0) is 24.2. The maximum Gasteiger partial charge on any atom is 0.224 e. The molecule has 2 atom stereocenters. The number of amides is 2. The Hall–Kier alpha value is -2.43. The van der Waals surface area contributed by atoms with Crippen molar-refractivity contribution in [3.05, 3.63) is 35.9 Å². The van der Waals surface area contributed by atoms with Crippen molar-refractivity contribution >= 4 is 11.8 Å². The van der Waals surface area contributed by atoms with Crippen LogP contribution in [0.5, 0.6) is 0 Å². The number of morpholine rings is 1. The highest BCUT2D eigenvalue weighted by molar-refractivity contribution is 5.86. The Morgan fingerprint density at radius 2 is 1.88 bits per heavy atom. The van der Waals surface area contributed by atoms with E-state index < -0.39 is 12.0 Å². The summed E-state index contributed by atoms with van der Waals surface area (Å²) in [7, 11) is 0. The van der Waals surface area contributed by atoms with E-state index in [0.29, 0.717) is 38.8 Å². The van der Waals surface area contributed by atoms with Crippen molar-refractivity contribution in [1.29, 1.82) is 5.26 Å². The van der Waals surface area contributed by atoms with E-state index in [-0.39, 0.29) is 18.2 Å². The molecule has 1 heterocycles. The number of carbonyl (C=O) groups excluding carboxylic acids is 2. The molecule has 0 spiro atoms. The van der Waals surface area contributed by atoms with Crippen LogP contribution in [0.2, 0.25) is 0 Å². The Bertz CT molecular complexity index is 798. The molecule has 7 nitrogen and oxygen atoms in total. The SMILES string of the molecule is CCN(Cc1ccccc1)CC(C#N)NC(=O)C(CC(=O)N1CCOCC1)CC1CCCCC1. The number of rotatable bonds is 11. The first-order valence-corrected chi connectivity index (χ1v) is 12.9. The summed E-state index contributed by atoms with van der Waals surface area (Å²) in [5.41, 5.74) is 1.18. The fraction of sp³-hybridized carbons (Fsp3) is 0.667. The summed E-state index contributed by atoms with van der Waals surface area (Å²) >= 11 is 0. The van der Waals surface area contributed by atoms with Gasteiger partial charge in [0.05, 0.1) is 19.3 Å². The molecule has 2 amide bonds. The number of hydrogen-bond acceptors (Lipinski definition) is 5. The topological polar surface area (TPSA) is 85.7 Å². The van der Waals surface area contributed by atoms with E-state index in [1.165, 1.54) is 24.8 Å². The lowest BCUT2D eigenvalue weighted by atomic mass is 9.81. The first kappa shape index (κ1) is 26.2. The van der Waals surface area contributed by atoms with Gasteiger partial charge >= 0.3 is 0 Å². The summed E-state index contributed by atoms with van der Waals surface area (Å²) in [6, 6.07) is 11.8. The highest BCUT2D eigenvalue weighted by atomic mass is 16.5. The van der Waals surface area contributed by atoms with E-state index in [0.717, 1.165) is 32.4 Å². The van der Waals surface area contributed by atoms with E-state index in [4.69, 9.17) is 4.74 Å². The van der Waals surface area contributed by atoms with Crippen molar-refractivity contribution in [3.8, 4) is 6.07 Å². The molecule has 3 rings (SSSR count). The van der Waals surface area contributed by atoms with Crippen LogP contribution in [0, 0.1) is 23.2 Å². The fourth-order valence-electron chi connectivity index (χ4n) is 5.07. The van der Waals surface area contributed by atoms with Gasteiger partial charge in [-0.05, 0) is 24.4 Å². The van der Waals surface area contributed by atoms with Crippen molar-refractivity contribution in [1.82, 2.24) is 15.1 Å². The zero-order valence-electron chi connectivity index (χ0n) is 20.6. The van der Waals surface area contributed by atoms with Crippen LogP contribution in [-0.4, -0.2) is 67.0 Å². The normalized spacial score (nSPS) is 18.8. The van der Waals surface area contributed by atoms with Crippen molar-refractivity contribution in [2.24, 2.45) is 11.8 Å². The number of nitriles is 1. The number of ether oxygens (including phenoxy) is 1. The minimum Gasteiger partial charge on any atom is -0.378 e. The van der Waals surface area contributed by atoms with Crippen LogP contribution in [0.3, 0.4) is 0 Å². The molecule has 1 aromatic carbocycles. The highest BCUT2D eigenvalue weighted by Gasteiger charge is 2.30. The van der Waals surface area contributed by atoms with Crippen molar-refractivity contribution in [2.45, 2.75) is 64.5 Å². The van der Waals surface area contributed by atoms with E-state index in [2.05, 4.69) is 35.3 Å². The molecule has 2 fully saturated rings. The van der Waals surface area contributed by atoms with Crippen LogP contribution in [0.4, 0.5) is 0 Å². The van der Waals surface area contributed by atoms with Crippen LogP contribution in [-0.2, 0) is 20.9 Å². The largest absolute Gasteiger partial charge is 0.378 e. The molecule has 2 aliphatic rings. The maximum atomic E-state index is 13.4. The van der Waals surface area contributed by atoms with Gasteiger partial charge in [-0.1, -0.05) is 69.4 Å². The smallest absolute Gasteiger partial charge is 0.224 e. The Morgan fingerprint density at radius 3 is 2.53 bits per heavy atom. The summed E-state index contributed by atoms with van der Waals surface area (Å²) in [5, 5.41) is 12.8. The highest BCUT2D eigenvalue weighted by Crippen LogP contribution is 2.30. The molecule has 0 radical (unpaired) electrons. The van der Waals surface area contributed by atoms with Crippen molar-refractivity contribution in [3.63, 3.8) is 0 Å². The molecule has 1 saturated carbocycles. The minimum atomic E-state index is -0.608. The molecule has 0 bridgehead atoms. The third kappa shape index (κ3) is 8.41. The maximum absolute atomic E-state index is 13.4. The van der Waals surface area contributed by atoms with Gasteiger partial charge in [0, 0.05) is 38.5 Å². The Balaban J connectivity index is 1.61. The zero-order valence-corrected chi connectivity index (χ0v) is 20.6. The fourth-order valence-corrected chi connectivity index (χ4v) is 5.07. The minimum absolute atomic E-state index is 0.0204. The summed E-state index contributed by atoms with van der Waals surface area (Å²) in [5.74, 6) is -0.0484. The molecule has 1 aromatic rings. The van der Waals surface area contributed by atoms with E-state index >= 15 is 0 Å². The summed E-state index contributed by atoms with van der Waals surface area (Å²) < 4.78 is 5.37. The molecule has 1 aliphatic carbocycles. The average Bonchev–Trinajstić information content (AvgIpc) is 2.89. The van der Waals surface area contributed by atoms with Gasteiger partial charge in [0.2, 0.25) is 11.8 Å². The van der Waals surface area contributed by atoms with Crippen molar-refractivity contribution < 1.29 is 14.3 Å². The number of hydrogen-bond donors (Lipinski definition) is 1. The van der Waals surface area contributed by atoms with Gasteiger partial charge in [0.25, 0.3) is 0 Å². The third-order valence-electron chi connectivity index (χ3n) is 7.11. The number of likely N-dealkylation sites (N-methyl/N-ethyl adjacent to an activating group) is 1. The van der Waals surface area contributed by atoms with Gasteiger partial charge in [0.15, 0.2) is 0 Å². The molecule has 1 saturated heterocycles. The number of nitrogens with one attached hydrogen (secondary N) is 1. The first-order chi connectivity index (χ1) is 16.6. The molecular formula is C27H40N4O3.